The van der Waals surface area contributed by atoms with Crippen LogP contribution in [0.15, 0.2) is 29.2 Å². The van der Waals surface area contributed by atoms with Gasteiger partial charge in [0, 0.05) is 11.4 Å². The fourth-order valence-electron chi connectivity index (χ4n) is 3.19. The van der Waals surface area contributed by atoms with Crippen molar-refractivity contribution >= 4 is 23.2 Å². The molecule has 6 heteroatoms. The van der Waals surface area contributed by atoms with Crippen molar-refractivity contribution in [1.82, 2.24) is 10.2 Å². The van der Waals surface area contributed by atoms with Crippen LogP contribution in [0.2, 0.25) is 0 Å². The second kappa shape index (κ2) is 8.44. The summed E-state index contributed by atoms with van der Waals surface area (Å²) >= 11 is 1.60. The van der Waals surface area contributed by atoms with Crippen molar-refractivity contribution in [1.29, 1.82) is 0 Å². The van der Waals surface area contributed by atoms with Gasteiger partial charge in [-0.15, -0.1) is 11.3 Å². The van der Waals surface area contributed by atoms with Crippen LogP contribution in [0.1, 0.15) is 37.0 Å². The zero-order chi connectivity index (χ0) is 16.8. The van der Waals surface area contributed by atoms with Gasteiger partial charge in [-0.05, 0) is 43.6 Å². The Morgan fingerprint density at radius 3 is 3.08 bits per heavy atom. The maximum atomic E-state index is 12.5. The number of carbonyl (C=O) groups excluding carboxylic acids is 2. The Morgan fingerprint density at radius 2 is 2.33 bits per heavy atom. The van der Waals surface area contributed by atoms with Crippen LogP contribution in [0.3, 0.4) is 0 Å². The zero-order valence-electron chi connectivity index (χ0n) is 13.8. The Morgan fingerprint density at radius 1 is 1.42 bits per heavy atom. The van der Waals surface area contributed by atoms with Crippen LogP contribution < -0.4 is 5.32 Å². The summed E-state index contributed by atoms with van der Waals surface area (Å²) in [4.78, 5) is 27.4. The van der Waals surface area contributed by atoms with Gasteiger partial charge in [-0.25, -0.2) is 0 Å². The van der Waals surface area contributed by atoms with E-state index in [1.165, 1.54) is 18.4 Å². The number of rotatable bonds is 6. The number of hydrogen-bond donors (Lipinski definition) is 1. The first-order valence-corrected chi connectivity index (χ1v) is 9.47. The second-order valence-corrected chi connectivity index (χ2v) is 7.31. The molecular weight excluding hydrogens is 324 g/mol. The third-order valence-corrected chi connectivity index (χ3v) is 5.40. The van der Waals surface area contributed by atoms with Gasteiger partial charge in [0.2, 0.25) is 11.8 Å². The summed E-state index contributed by atoms with van der Waals surface area (Å²) in [5, 5.41) is 4.96. The maximum Gasteiger partial charge on any atom is 0.249 e. The number of hydrogen-bond acceptors (Lipinski definition) is 4. The normalized spacial score (nSPS) is 21.5. The van der Waals surface area contributed by atoms with E-state index in [-0.39, 0.29) is 25.0 Å². The molecular formula is C18H24N2O3S. The number of nitrogens with one attached hydrogen (secondary N) is 1. The Kier molecular flexibility index (Phi) is 6.04. The van der Waals surface area contributed by atoms with Crippen LogP contribution in [0.25, 0.3) is 0 Å². The van der Waals surface area contributed by atoms with Crippen molar-refractivity contribution in [2.75, 3.05) is 19.8 Å². The van der Waals surface area contributed by atoms with E-state index in [0.29, 0.717) is 13.1 Å². The second-order valence-electron chi connectivity index (χ2n) is 6.28. The highest BCUT2D eigenvalue weighted by Gasteiger charge is 2.34. The van der Waals surface area contributed by atoms with E-state index in [0.717, 1.165) is 24.1 Å². The van der Waals surface area contributed by atoms with E-state index in [1.54, 1.807) is 16.2 Å². The van der Waals surface area contributed by atoms with Crippen molar-refractivity contribution < 1.29 is 14.3 Å². The topological polar surface area (TPSA) is 58.6 Å². The van der Waals surface area contributed by atoms with E-state index in [1.807, 2.05) is 17.5 Å². The smallest absolute Gasteiger partial charge is 0.249 e. The fraction of sp³-hybridized carbons (Fsp3) is 0.556. The summed E-state index contributed by atoms with van der Waals surface area (Å²) in [6.45, 7) is 1.43. The minimum atomic E-state index is -0.534. The molecule has 3 rings (SSSR count). The van der Waals surface area contributed by atoms with Gasteiger partial charge >= 0.3 is 0 Å². The molecule has 1 atom stereocenters. The van der Waals surface area contributed by atoms with Crippen molar-refractivity contribution in [2.24, 2.45) is 0 Å². The molecule has 2 aliphatic rings. The fourth-order valence-corrected chi connectivity index (χ4v) is 3.89. The Bertz CT molecular complexity index is 597. The summed E-state index contributed by atoms with van der Waals surface area (Å²) < 4.78 is 5.30. The van der Waals surface area contributed by atoms with Crippen LogP contribution in [-0.2, 0) is 20.9 Å². The number of morpholine rings is 1. The highest BCUT2D eigenvalue weighted by molar-refractivity contribution is 7.09. The first kappa shape index (κ1) is 17.2. The number of amides is 2. The standard InChI is InChI=1S/C18H24N2O3S/c21-17-13-23-12-16(20(17)11-15-7-4-10-24-15)18(22)19-9-8-14-5-2-1-3-6-14/h4-5,7,10,16H,1-3,6,8-9,11-13H2,(H,19,22)/t16-/m1/s1. The third kappa shape index (κ3) is 4.45. The van der Waals surface area contributed by atoms with Crippen LogP contribution >= 0.6 is 11.3 Å². The minimum absolute atomic E-state index is 0.0576. The monoisotopic (exact) mass is 348 g/mol. The number of carbonyl (C=O) groups is 2. The lowest BCUT2D eigenvalue weighted by Gasteiger charge is -2.34. The van der Waals surface area contributed by atoms with E-state index in [2.05, 4.69) is 11.4 Å². The molecule has 0 bridgehead atoms. The lowest BCUT2D eigenvalue weighted by Crippen LogP contribution is -2.55. The van der Waals surface area contributed by atoms with E-state index in [9.17, 15) is 9.59 Å². The Labute approximate surface area is 146 Å². The Balaban J connectivity index is 1.54. The van der Waals surface area contributed by atoms with Crippen molar-refractivity contribution in [3.63, 3.8) is 0 Å². The van der Waals surface area contributed by atoms with Gasteiger partial charge in [-0.3, -0.25) is 9.59 Å². The molecule has 24 heavy (non-hydrogen) atoms. The van der Waals surface area contributed by atoms with Crippen molar-refractivity contribution in [3.8, 4) is 0 Å². The molecule has 0 aromatic carbocycles. The molecule has 1 aliphatic carbocycles. The molecule has 1 aliphatic heterocycles. The van der Waals surface area contributed by atoms with E-state index >= 15 is 0 Å². The van der Waals surface area contributed by atoms with Crippen molar-refractivity contribution in [2.45, 2.75) is 44.7 Å². The lowest BCUT2D eigenvalue weighted by molar-refractivity contribution is -0.155. The molecule has 0 spiro atoms. The van der Waals surface area contributed by atoms with Crippen LogP contribution in [0.4, 0.5) is 0 Å². The van der Waals surface area contributed by atoms with E-state index < -0.39 is 6.04 Å². The largest absolute Gasteiger partial charge is 0.369 e. The molecule has 1 fully saturated rings. The van der Waals surface area contributed by atoms with Gasteiger partial charge < -0.3 is 15.0 Å². The summed E-state index contributed by atoms with van der Waals surface area (Å²) in [5.74, 6) is -0.235. The molecule has 0 radical (unpaired) electrons. The summed E-state index contributed by atoms with van der Waals surface area (Å²) in [5.41, 5.74) is 1.44. The van der Waals surface area contributed by atoms with Gasteiger partial charge in [0.05, 0.1) is 13.2 Å². The van der Waals surface area contributed by atoms with Crippen LogP contribution in [-0.4, -0.2) is 42.5 Å². The number of nitrogens with zero attached hydrogens (tertiary/aromatic N) is 1. The molecule has 1 aromatic rings. The van der Waals surface area contributed by atoms with Gasteiger partial charge in [0.15, 0.2) is 0 Å². The average Bonchev–Trinajstić information content (AvgIpc) is 3.11. The van der Waals surface area contributed by atoms with Gasteiger partial charge in [-0.1, -0.05) is 17.7 Å². The molecule has 1 saturated heterocycles. The van der Waals surface area contributed by atoms with Gasteiger partial charge in [-0.2, -0.15) is 0 Å². The first-order valence-electron chi connectivity index (χ1n) is 8.59. The molecule has 1 aromatic heterocycles. The molecule has 0 unspecified atom stereocenters. The maximum absolute atomic E-state index is 12.5. The van der Waals surface area contributed by atoms with Gasteiger partial charge in [0.25, 0.3) is 0 Å². The van der Waals surface area contributed by atoms with Crippen LogP contribution in [0.5, 0.6) is 0 Å². The molecule has 130 valence electrons. The Hall–Kier alpha value is -1.66. The molecule has 0 saturated carbocycles. The summed E-state index contributed by atoms with van der Waals surface area (Å²) in [7, 11) is 0. The lowest BCUT2D eigenvalue weighted by atomic mass is 9.97. The molecule has 1 N–H and O–H groups in total. The summed E-state index contributed by atoms with van der Waals surface area (Å²) in [6, 6.07) is 3.41. The SMILES string of the molecule is O=C(NCCC1=CCCCC1)[C@H]1COCC(=O)N1Cc1cccs1. The predicted molar refractivity (Wildman–Crippen MR) is 93.7 cm³/mol. The third-order valence-electron chi connectivity index (χ3n) is 4.54. The van der Waals surface area contributed by atoms with Crippen molar-refractivity contribution in [3.05, 3.63) is 34.0 Å². The highest BCUT2D eigenvalue weighted by Crippen LogP contribution is 2.20. The van der Waals surface area contributed by atoms with Crippen LogP contribution in [0, 0.1) is 0 Å². The minimum Gasteiger partial charge on any atom is -0.369 e. The van der Waals surface area contributed by atoms with Gasteiger partial charge in [0.1, 0.15) is 12.6 Å². The predicted octanol–water partition coefficient (Wildman–Crippen LogP) is 2.48. The molecule has 2 amide bonds. The highest BCUT2D eigenvalue weighted by atomic mass is 32.1. The number of allylic oxidation sites excluding steroid dienone is 1. The zero-order valence-corrected chi connectivity index (χ0v) is 14.6. The first-order chi connectivity index (χ1) is 11.7. The average molecular weight is 348 g/mol. The molecule has 5 nitrogen and oxygen atoms in total. The van der Waals surface area contributed by atoms with E-state index in [4.69, 9.17) is 4.74 Å². The quantitative estimate of drug-likeness (QED) is 0.804. The number of ether oxygens (including phenoxy) is 1. The molecule has 2 heterocycles. The number of thiophene rings is 1. The summed E-state index contributed by atoms with van der Waals surface area (Å²) in [6.07, 6.45) is 8.02.